The smallest absolute Gasteiger partial charge is 0.249 e. The summed E-state index contributed by atoms with van der Waals surface area (Å²) in [5.74, 6) is 2.58. The van der Waals surface area contributed by atoms with Gasteiger partial charge in [-0.05, 0) is 54.3 Å². The minimum Gasteiger partial charge on any atom is -0.489 e. The minimum absolute atomic E-state index is 0.448. The predicted octanol–water partition coefficient (Wildman–Crippen LogP) is 5.31. The summed E-state index contributed by atoms with van der Waals surface area (Å²) in [6, 6.07) is 15.2. The topological polar surface area (TPSA) is 72.0 Å². The second-order valence-electron chi connectivity index (χ2n) is 6.84. The fourth-order valence-corrected chi connectivity index (χ4v) is 2.57. The van der Waals surface area contributed by atoms with E-state index in [2.05, 4.69) is 39.7 Å². The van der Waals surface area contributed by atoms with Gasteiger partial charge in [0, 0.05) is 17.3 Å². The molecule has 0 bridgehead atoms. The lowest BCUT2D eigenvalue weighted by molar-refractivity contribution is 0.306. The second-order valence-corrected chi connectivity index (χ2v) is 7.28. The molecular formula is C21H24ClN5O. The highest BCUT2D eigenvalue weighted by atomic mass is 35.5. The van der Waals surface area contributed by atoms with Crippen LogP contribution in [-0.2, 0) is 6.61 Å². The molecule has 6 nitrogen and oxygen atoms in total. The first-order valence-electron chi connectivity index (χ1n) is 9.26. The zero-order valence-electron chi connectivity index (χ0n) is 16.0. The van der Waals surface area contributed by atoms with E-state index in [4.69, 9.17) is 16.3 Å². The number of hydrogen-bond donors (Lipinski definition) is 2. The SMILES string of the molecule is CC(C)CCNc1cnnc(Nc2ccc(OCc3ccc(Cl)cc3)cc2)n1. The van der Waals surface area contributed by atoms with Crippen molar-refractivity contribution < 1.29 is 4.74 Å². The number of halogens is 1. The van der Waals surface area contributed by atoms with Crippen LogP contribution in [0.2, 0.25) is 5.02 Å². The molecule has 28 heavy (non-hydrogen) atoms. The standard InChI is InChI=1S/C21H24ClN5O/c1-15(2)11-12-23-20-13-24-27-21(26-20)25-18-7-9-19(10-8-18)28-14-16-3-5-17(22)6-4-16/h3-10,13,15H,11-12,14H2,1-2H3,(H2,23,25,26,27). The third-order valence-corrected chi connectivity index (χ3v) is 4.27. The summed E-state index contributed by atoms with van der Waals surface area (Å²) in [6.07, 6.45) is 2.70. The minimum atomic E-state index is 0.448. The molecule has 0 saturated heterocycles. The molecule has 0 spiro atoms. The quantitative estimate of drug-likeness (QED) is 0.510. The molecule has 3 rings (SSSR count). The molecule has 0 radical (unpaired) electrons. The van der Waals surface area contributed by atoms with E-state index in [9.17, 15) is 0 Å². The molecule has 1 aromatic heterocycles. The van der Waals surface area contributed by atoms with Crippen molar-refractivity contribution in [2.45, 2.75) is 26.9 Å². The van der Waals surface area contributed by atoms with Gasteiger partial charge >= 0.3 is 0 Å². The van der Waals surface area contributed by atoms with Gasteiger partial charge in [-0.15, -0.1) is 5.10 Å². The molecule has 0 saturated carbocycles. The number of ether oxygens (including phenoxy) is 1. The Bertz CT molecular complexity index is 869. The second kappa shape index (κ2) is 9.90. The molecule has 146 valence electrons. The van der Waals surface area contributed by atoms with E-state index in [1.54, 1.807) is 6.20 Å². The lowest BCUT2D eigenvalue weighted by Crippen LogP contribution is -2.08. The van der Waals surface area contributed by atoms with E-state index in [1.165, 1.54) is 0 Å². The van der Waals surface area contributed by atoms with Crippen LogP contribution in [0.15, 0.2) is 54.7 Å². The van der Waals surface area contributed by atoms with Crippen LogP contribution in [-0.4, -0.2) is 21.7 Å². The van der Waals surface area contributed by atoms with Gasteiger partial charge in [0.15, 0.2) is 5.82 Å². The van der Waals surface area contributed by atoms with Crippen LogP contribution in [0.4, 0.5) is 17.5 Å². The molecule has 0 aliphatic heterocycles. The maximum atomic E-state index is 5.89. The molecule has 7 heteroatoms. The number of rotatable bonds is 9. The number of anilines is 3. The highest BCUT2D eigenvalue weighted by molar-refractivity contribution is 6.30. The number of nitrogens with zero attached hydrogens (tertiary/aromatic N) is 3. The molecule has 0 unspecified atom stereocenters. The maximum Gasteiger partial charge on any atom is 0.249 e. The summed E-state index contributed by atoms with van der Waals surface area (Å²) in [5.41, 5.74) is 1.92. The Morgan fingerprint density at radius 2 is 1.79 bits per heavy atom. The lowest BCUT2D eigenvalue weighted by Gasteiger charge is -2.10. The Labute approximate surface area is 170 Å². The van der Waals surface area contributed by atoms with Crippen molar-refractivity contribution in [3.63, 3.8) is 0 Å². The van der Waals surface area contributed by atoms with Gasteiger partial charge in [-0.25, -0.2) is 0 Å². The molecule has 0 amide bonds. The highest BCUT2D eigenvalue weighted by Crippen LogP contribution is 2.20. The van der Waals surface area contributed by atoms with Crippen LogP contribution in [0.5, 0.6) is 5.75 Å². The summed E-state index contributed by atoms with van der Waals surface area (Å²) in [5, 5.41) is 15.2. The van der Waals surface area contributed by atoms with Gasteiger partial charge in [-0.2, -0.15) is 10.1 Å². The van der Waals surface area contributed by atoms with E-state index >= 15 is 0 Å². The molecule has 0 atom stereocenters. The first-order valence-corrected chi connectivity index (χ1v) is 9.64. The van der Waals surface area contributed by atoms with Crippen molar-refractivity contribution >= 4 is 29.1 Å². The summed E-state index contributed by atoms with van der Waals surface area (Å²) in [6.45, 7) is 5.72. The fraction of sp³-hybridized carbons (Fsp3) is 0.286. The first kappa shape index (κ1) is 19.9. The molecular weight excluding hydrogens is 374 g/mol. The third-order valence-electron chi connectivity index (χ3n) is 4.02. The summed E-state index contributed by atoms with van der Waals surface area (Å²) in [4.78, 5) is 4.43. The molecule has 0 aliphatic carbocycles. The highest BCUT2D eigenvalue weighted by Gasteiger charge is 2.03. The fourth-order valence-electron chi connectivity index (χ4n) is 2.44. The van der Waals surface area contributed by atoms with Gasteiger partial charge in [0.25, 0.3) is 0 Å². The lowest BCUT2D eigenvalue weighted by atomic mass is 10.1. The normalized spacial score (nSPS) is 10.7. The Morgan fingerprint density at radius 3 is 2.50 bits per heavy atom. The molecule has 3 aromatic rings. The van der Waals surface area contributed by atoms with Crippen molar-refractivity contribution in [2.24, 2.45) is 5.92 Å². The van der Waals surface area contributed by atoms with E-state index in [1.807, 2.05) is 48.5 Å². The summed E-state index contributed by atoms with van der Waals surface area (Å²) < 4.78 is 5.80. The summed E-state index contributed by atoms with van der Waals surface area (Å²) in [7, 11) is 0. The van der Waals surface area contributed by atoms with Crippen LogP contribution in [0.3, 0.4) is 0 Å². The van der Waals surface area contributed by atoms with Crippen LogP contribution < -0.4 is 15.4 Å². The van der Waals surface area contributed by atoms with E-state index in [0.29, 0.717) is 24.3 Å². The Hall–Kier alpha value is -2.86. The van der Waals surface area contributed by atoms with Crippen LogP contribution >= 0.6 is 11.6 Å². The van der Waals surface area contributed by atoms with Crippen molar-refractivity contribution in [1.82, 2.24) is 15.2 Å². The zero-order valence-corrected chi connectivity index (χ0v) is 16.8. The molecule has 0 fully saturated rings. The average Bonchev–Trinajstić information content (AvgIpc) is 2.69. The predicted molar refractivity (Wildman–Crippen MR) is 113 cm³/mol. The summed E-state index contributed by atoms with van der Waals surface area (Å²) >= 11 is 5.89. The van der Waals surface area contributed by atoms with Crippen LogP contribution in [0.1, 0.15) is 25.8 Å². The largest absolute Gasteiger partial charge is 0.489 e. The van der Waals surface area contributed by atoms with Gasteiger partial charge in [0.1, 0.15) is 12.4 Å². The van der Waals surface area contributed by atoms with Gasteiger partial charge in [-0.1, -0.05) is 37.6 Å². The molecule has 2 aromatic carbocycles. The Morgan fingerprint density at radius 1 is 1.04 bits per heavy atom. The van der Waals surface area contributed by atoms with Gasteiger partial charge in [0.2, 0.25) is 5.95 Å². The maximum absolute atomic E-state index is 5.89. The number of benzene rings is 2. The molecule has 0 aliphatic rings. The van der Waals surface area contributed by atoms with Crippen molar-refractivity contribution in [3.05, 3.63) is 65.3 Å². The molecule has 1 heterocycles. The van der Waals surface area contributed by atoms with Crippen molar-refractivity contribution in [3.8, 4) is 5.75 Å². The number of nitrogens with one attached hydrogen (secondary N) is 2. The van der Waals surface area contributed by atoms with Crippen molar-refractivity contribution in [2.75, 3.05) is 17.2 Å². The van der Waals surface area contributed by atoms with Gasteiger partial charge in [-0.3, -0.25) is 0 Å². The van der Waals surface area contributed by atoms with Gasteiger partial charge < -0.3 is 15.4 Å². The zero-order chi connectivity index (χ0) is 19.8. The van der Waals surface area contributed by atoms with Crippen molar-refractivity contribution in [1.29, 1.82) is 0 Å². The first-order chi connectivity index (χ1) is 13.6. The Kier molecular flexibility index (Phi) is 7.03. The third kappa shape index (κ3) is 6.39. The van der Waals surface area contributed by atoms with Crippen LogP contribution in [0, 0.1) is 5.92 Å². The average molecular weight is 398 g/mol. The van der Waals surface area contributed by atoms with E-state index in [-0.39, 0.29) is 0 Å². The van der Waals surface area contributed by atoms with E-state index < -0.39 is 0 Å². The monoisotopic (exact) mass is 397 g/mol. The number of hydrogen-bond acceptors (Lipinski definition) is 6. The molecule has 2 N–H and O–H groups in total. The Balaban J connectivity index is 1.53. The van der Waals surface area contributed by atoms with E-state index in [0.717, 1.165) is 35.0 Å². The van der Waals surface area contributed by atoms with Crippen LogP contribution in [0.25, 0.3) is 0 Å². The number of aromatic nitrogens is 3. The van der Waals surface area contributed by atoms with Gasteiger partial charge in [0.05, 0.1) is 6.20 Å².